The third-order valence-corrected chi connectivity index (χ3v) is 5.96. The Labute approximate surface area is 132 Å². The Morgan fingerprint density at radius 2 is 2.29 bits per heavy atom. The first-order valence-electron chi connectivity index (χ1n) is 7.15. The van der Waals surface area contributed by atoms with Crippen LogP contribution in [0.15, 0.2) is 28.6 Å². The lowest BCUT2D eigenvalue weighted by Crippen LogP contribution is -2.33. The maximum Gasteiger partial charge on any atom is 0.230 e. The molecule has 112 valence electrons. The van der Waals surface area contributed by atoms with Gasteiger partial charge in [0.25, 0.3) is 0 Å². The zero-order chi connectivity index (χ0) is 14.7. The number of benzene rings is 1. The second-order valence-corrected chi connectivity index (χ2v) is 7.55. The van der Waals surface area contributed by atoms with Gasteiger partial charge < -0.3 is 10.4 Å². The molecule has 2 unspecified atom stereocenters. The average Bonchev–Trinajstić information content (AvgIpc) is 3.08. The third-order valence-electron chi connectivity index (χ3n) is 3.78. The van der Waals surface area contributed by atoms with Crippen LogP contribution in [0.2, 0.25) is 0 Å². The summed E-state index contributed by atoms with van der Waals surface area (Å²) in [5, 5.41) is 12.6. The van der Waals surface area contributed by atoms with Crippen molar-refractivity contribution in [3.63, 3.8) is 0 Å². The van der Waals surface area contributed by atoms with Crippen molar-refractivity contribution < 1.29 is 9.90 Å². The van der Waals surface area contributed by atoms with Crippen LogP contribution in [0.1, 0.15) is 19.3 Å². The summed E-state index contributed by atoms with van der Waals surface area (Å²) in [5.74, 6) is 0.614. The molecule has 0 bridgehead atoms. The van der Waals surface area contributed by atoms with Crippen molar-refractivity contribution in [2.24, 2.45) is 5.92 Å². The normalized spacial score (nSPS) is 21.8. The smallest absolute Gasteiger partial charge is 0.230 e. The van der Waals surface area contributed by atoms with Gasteiger partial charge in [0, 0.05) is 12.5 Å². The molecule has 6 heteroatoms. The summed E-state index contributed by atoms with van der Waals surface area (Å²) in [6, 6.07) is 7.99. The Morgan fingerprint density at radius 1 is 1.43 bits per heavy atom. The van der Waals surface area contributed by atoms with Gasteiger partial charge in [0.1, 0.15) is 0 Å². The van der Waals surface area contributed by atoms with Gasteiger partial charge in [-0.3, -0.25) is 4.79 Å². The third kappa shape index (κ3) is 3.75. The van der Waals surface area contributed by atoms with Gasteiger partial charge in [-0.25, -0.2) is 4.98 Å². The van der Waals surface area contributed by atoms with Gasteiger partial charge in [-0.1, -0.05) is 30.3 Å². The van der Waals surface area contributed by atoms with E-state index in [0.717, 1.165) is 33.8 Å². The van der Waals surface area contributed by atoms with Gasteiger partial charge in [-0.2, -0.15) is 0 Å². The fourth-order valence-corrected chi connectivity index (χ4v) is 4.49. The maximum atomic E-state index is 11.9. The van der Waals surface area contributed by atoms with E-state index in [0.29, 0.717) is 12.3 Å². The Balaban J connectivity index is 1.47. The van der Waals surface area contributed by atoms with Gasteiger partial charge in [0.05, 0.1) is 22.1 Å². The van der Waals surface area contributed by atoms with E-state index in [-0.39, 0.29) is 17.9 Å². The molecular weight excluding hydrogens is 304 g/mol. The number of para-hydroxylation sites is 1. The fourth-order valence-electron chi connectivity index (χ4n) is 2.59. The van der Waals surface area contributed by atoms with E-state index in [1.54, 1.807) is 11.3 Å². The lowest BCUT2D eigenvalue weighted by molar-refractivity contribution is -0.118. The summed E-state index contributed by atoms with van der Waals surface area (Å²) in [4.78, 5) is 16.4. The van der Waals surface area contributed by atoms with Crippen molar-refractivity contribution in [3.05, 3.63) is 24.3 Å². The highest BCUT2D eigenvalue weighted by Crippen LogP contribution is 2.29. The number of carbonyl (C=O) groups is 1. The topological polar surface area (TPSA) is 62.2 Å². The van der Waals surface area contributed by atoms with E-state index < -0.39 is 0 Å². The van der Waals surface area contributed by atoms with E-state index in [9.17, 15) is 9.90 Å². The number of hydrogen-bond acceptors (Lipinski definition) is 5. The molecule has 0 spiro atoms. The van der Waals surface area contributed by atoms with Crippen molar-refractivity contribution in [2.45, 2.75) is 29.7 Å². The number of fused-ring (bicyclic) bond motifs is 1. The predicted molar refractivity (Wildman–Crippen MR) is 86.7 cm³/mol. The van der Waals surface area contributed by atoms with Crippen LogP contribution in [0.3, 0.4) is 0 Å². The summed E-state index contributed by atoms with van der Waals surface area (Å²) in [7, 11) is 0. The van der Waals surface area contributed by atoms with Crippen molar-refractivity contribution in [2.75, 3.05) is 12.3 Å². The molecule has 3 rings (SSSR count). The van der Waals surface area contributed by atoms with Gasteiger partial charge >= 0.3 is 0 Å². The molecular formula is C15H18N2O2S2. The molecule has 0 aliphatic heterocycles. The highest BCUT2D eigenvalue weighted by atomic mass is 32.2. The molecule has 1 fully saturated rings. The number of nitrogens with zero attached hydrogens (tertiary/aromatic N) is 1. The van der Waals surface area contributed by atoms with E-state index >= 15 is 0 Å². The number of aliphatic hydroxyl groups excluding tert-OH is 1. The van der Waals surface area contributed by atoms with Crippen LogP contribution in [0.25, 0.3) is 10.2 Å². The van der Waals surface area contributed by atoms with E-state index in [4.69, 9.17) is 0 Å². The van der Waals surface area contributed by atoms with Crippen LogP contribution in [0.5, 0.6) is 0 Å². The molecule has 0 radical (unpaired) electrons. The van der Waals surface area contributed by atoms with E-state index in [1.165, 1.54) is 11.8 Å². The summed E-state index contributed by atoms with van der Waals surface area (Å²) in [6.45, 7) is 0.584. The van der Waals surface area contributed by atoms with E-state index in [2.05, 4.69) is 10.3 Å². The molecule has 1 aliphatic carbocycles. The second-order valence-electron chi connectivity index (χ2n) is 5.30. The van der Waals surface area contributed by atoms with Gasteiger partial charge in [-0.05, 0) is 25.0 Å². The molecule has 1 amide bonds. The first-order chi connectivity index (χ1) is 10.2. The minimum Gasteiger partial charge on any atom is -0.393 e. The number of hydrogen-bond donors (Lipinski definition) is 2. The predicted octanol–water partition coefficient (Wildman–Crippen LogP) is 2.67. The quantitative estimate of drug-likeness (QED) is 0.831. The van der Waals surface area contributed by atoms with E-state index in [1.807, 2.05) is 24.3 Å². The Bertz CT molecular complexity index is 596. The summed E-state index contributed by atoms with van der Waals surface area (Å²) >= 11 is 3.09. The standard InChI is InChI=1S/C15H18N2O2S2/c18-12-6-3-4-10(12)8-16-14(19)9-20-15-17-11-5-1-2-7-13(11)21-15/h1-2,5,7,10,12,18H,3-4,6,8-9H2,(H,16,19). The second kappa shape index (κ2) is 6.77. The monoisotopic (exact) mass is 322 g/mol. The van der Waals surface area contributed by atoms with Crippen LogP contribution in [-0.2, 0) is 4.79 Å². The number of thiazole rings is 1. The molecule has 1 heterocycles. The molecule has 1 saturated carbocycles. The molecule has 0 saturated heterocycles. The molecule has 21 heavy (non-hydrogen) atoms. The van der Waals surface area contributed by atoms with Crippen LogP contribution < -0.4 is 5.32 Å². The molecule has 1 aromatic heterocycles. The lowest BCUT2D eigenvalue weighted by atomic mass is 10.1. The number of nitrogens with one attached hydrogen (secondary N) is 1. The molecule has 1 aliphatic rings. The number of carbonyl (C=O) groups excluding carboxylic acids is 1. The summed E-state index contributed by atoms with van der Waals surface area (Å²) in [6.07, 6.45) is 2.68. The van der Waals surface area contributed by atoms with Crippen molar-refractivity contribution in [1.82, 2.24) is 10.3 Å². The molecule has 2 N–H and O–H groups in total. The van der Waals surface area contributed by atoms with Crippen molar-refractivity contribution in [3.8, 4) is 0 Å². The minimum absolute atomic E-state index is 0.0124. The molecule has 1 aromatic carbocycles. The van der Waals surface area contributed by atoms with Crippen molar-refractivity contribution in [1.29, 1.82) is 0 Å². The average molecular weight is 322 g/mol. The van der Waals surface area contributed by atoms with Gasteiger partial charge in [0.15, 0.2) is 4.34 Å². The molecule has 4 nitrogen and oxygen atoms in total. The lowest BCUT2D eigenvalue weighted by Gasteiger charge is -2.14. The fraction of sp³-hybridized carbons (Fsp3) is 0.467. The summed E-state index contributed by atoms with van der Waals surface area (Å²) < 4.78 is 2.07. The van der Waals surface area contributed by atoms with Gasteiger partial charge in [0.2, 0.25) is 5.91 Å². The molecule has 2 atom stereocenters. The first kappa shape index (κ1) is 14.8. The minimum atomic E-state index is -0.248. The van der Waals surface area contributed by atoms with Crippen LogP contribution >= 0.6 is 23.1 Å². The number of thioether (sulfide) groups is 1. The molecule has 2 aromatic rings. The number of rotatable bonds is 5. The number of aromatic nitrogens is 1. The Hall–Kier alpha value is -1.11. The number of aliphatic hydroxyl groups is 1. The Kier molecular flexibility index (Phi) is 4.77. The van der Waals surface area contributed by atoms with Gasteiger partial charge in [-0.15, -0.1) is 11.3 Å². The first-order valence-corrected chi connectivity index (χ1v) is 8.96. The SMILES string of the molecule is O=C(CSc1nc2ccccc2s1)NCC1CCCC1O. The highest BCUT2D eigenvalue weighted by Gasteiger charge is 2.25. The van der Waals surface area contributed by atoms with Crippen molar-refractivity contribution >= 4 is 39.2 Å². The largest absolute Gasteiger partial charge is 0.393 e. The zero-order valence-corrected chi connectivity index (χ0v) is 13.3. The van der Waals surface area contributed by atoms with Crippen LogP contribution in [0.4, 0.5) is 0 Å². The van der Waals surface area contributed by atoms with Crippen LogP contribution in [-0.4, -0.2) is 34.4 Å². The highest BCUT2D eigenvalue weighted by molar-refractivity contribution is 8.01. The zero-order valence-electron chi connectivity index (χ0n) is 11.6. The maximum absolute atomic E-state index is 11.9. The Morgan fingerprint density at radius 3 is 3.05 bits per heavy atom. The number of amides is 1. The summed E-state index contributed by atoms with van der Waals surface area (Å²) in [5.41, 5.74) is 0.986. The van der Waals surface area contributed by atoms with Crippen LogP contribution in [0, 0.1) is 5.92 Å².